The average Bonchev–Trinajstić information content (AvgIpc) is 2.90. The second-order valence-corrected chi connectivity index (χ2v) is 11.1. The number of benzene rings is 3. The lowest BCUT2D eigenvalue weighted by molar-refractivity contribution is -0.139. The monoisotopic (exact) mass is 561 g/mol. The lowest BCUT2D eigenvalue weighted by atomic mass is 10.1. The number of anilines is 1. The zero-order chi connectivity index (χ0) is 27.0. The van der Waals surface area contributed by atoms with Gasteiger partial charge in [0.1, 0.15) is 12.6 Å². The molecule has 3 aromatic carbocycles. The highest BCUT2D eigenvalue weighted by Crippen LogP contribution is 2.26. The Hall–Kier alpha value is -3.07. The maximum atomic E-state index is 13.8. The molecule has 10 heteroatoms. The second kappa shape index (κ2) is 12.9. The third-order valence-corrected chi connectivity index (χ3v) is 8.10. The van der Waals surface area contributed by atoms with Crippen LogP contribution in [0.25, 0.3) is 0 Å². The molecule has 0 radical (unpaired) electrons. The quantitative estimate of drug-likeness (QED) is 0.351. The highest BCUT2D eigenvalue weighted by Gasteiger charge is 2.32. The highest BCUT2D eigenvalue weighted by atomic mass is 35.5. The van der Waals surface area contributed by atoms with Crippen LogP contribution in [-0.4, -0.2) is 44.3 Å². The minimum Gasteiger partial charge on any atom is -0.354 e. The van der Waals surface area contributed by atoms with Gasteiger partial charge >= 0.3 is 0 Å². The Morgan fingerprint density at radius 2 is 1.57 bits per heavy atom. The van der Waals surface area contributed by atoms with E-state index in [-0.39, 0.29) is 17.3 Å². The van der Waals surface area contributed by atoms with Gasteiger partial charge in [-0.05, 0) is 55.3 Å². The summed E-state index contributed by atoms with van der Waals surface area (Å²) in [5, 5.41) is 3.57. The molecular weight excluding hydrogens is 533 g/mol. The summed E-state index contributed by atoms with van der Waals surface area (Å²) in [6.45, 7) is 3.45. The summed E-state index contributed by atoms with van der Waals surface area (Å²) in [5.74, 6) is -0.911. The van der Waals surface area contributed by atoms with Crippen molar-refractivity contribution in [1.29, 1.82) is 0 Å². The number of carbonyl (C=O) groups excluding carboxylic acids is 2. The van der Waals surface area contributed by atoms with Gasteiger partial charge in [0.2, 0.25) is 11.8 Å². The molecule has 0 heterocycles. The normalized spacial score (nSPS) is 12.0. The number of nitrogens with one attached hydrogen (secondary N) is 1. The lowest BCUT2D eigenvalue weighted by Crippen LogP contribution is -2.51. The molecule has 0 aliphatic rings. The van der Waals surface area contributed by atoms with Gasteiger partial charge in [-0.25, -0.2) is 8.42 Å². The van der Waals surface area contributed by atoms with E-state index in [1.54, 1.807) is 73.7 Å². The Balaban J connectivity index is 2.00. The fourth-order valence-electron chi connectivity index (χ4n) is 3.65. The van der Waals surface area contributed by atoms with Crippen molar-refractivity contribution >= 4 is 50.7 Å². The predicted molar refractivity (Wildman–Crippen MR) is 147 cm³/mol. The number of halogens is 2. The Morgan fingerprint density at radius 1 is 0.946 bits per heavy atom. The van der Waals surface area contributed by atoms with Crippen LogP contribution >= 0.6 is 23.2 Å². The Labute approximate surface area is 228 Å². The van der Waals surface area contributed by atoms with E-state index in [0.717, 1.165) is 10.7 Å². The van der Waals surface area contributed by atoms with Crippen LogP contribution in [0, 0.1) is 0 Å². The number of hydrogen-bond donors (Lipinski definition) is 1. The van der Waals surface area contributed by atoms with E-state index in [2.05, 4.69) is 5.32 Å². The molecule has 0 bridgehead atoms. The fourth-order valence-corrected chi connectivity index (χ4v) is 5.56. The third-order valence-electron chi connectivity index (χ3n) is 5.73. The summed E-state index contributed by atoms with van der Waals surface area (Å²) in [5.41, 5.74) is 0.902. The van der Waals surface area contributed by atoms with Crippen molar-refractivity contribution in [2.45, 2.75) is 37.8 Å². The van der Waals surface area contributed by atoms with Gasteiger partial charge in [-0.15, -0.1) is 0 Å². The number of nitrogens with zero attached hydrogens (tertiary/aromatic N) is 2. The van der Waals surface area contributed by atoms with Gasteiger partial charge in [-0.1, -0.05) is 72.6 Å². The van der Waals surface area contributed by atoms with E-state index in [9.17, 15) is 18.0 Å². The van der Waals surface area contributed by atoms with Crippen molar-refractivity contribution in [3.05, 3.63) is 94.5 Å². The second-order valence-electron chi connectivity index (χ2n) is 8.38. The van der Waals surface area contributed by atoms with Gasteiger partial charge in [-0.3, -0.25) is 13.9 Å². The number of rotatable bonds is 11. The first-order valence-corrected chi connectivity index (χ1v) is 14.0. The average molecular weight is 563 g/mol. The molecule has 37 heavy (non-hydrogen) atoms. The van der Waals surface area contributed by atoms with Crippen LogP contribution in [0.15, 0.2) is 83.8 Å². The van der Waals surface area contributed by atoms with Gasteiger partial charge in [0, 0.05) is 23.1 Å². The van der Waals surface area contributed by atoms with Crippen LogP contribution in [0.4, 0.5) is 5.69 Å². The standard InChI is InChI=1S/C27H29Cl2N3O4S/c1-3-16-30-27(34)20(2)31(18-21-14-15-22(28)17-25(21)29)26(33)19-32(23-10-6-4-7-11-23)37(35,36)24-12-8-5-9-13-24/h4-15,17,20H,3,16,18-19H2,1-2H3,(H,30,34)/t20-/m1/s1. The summed E-state index contributed by atoms with van der Waals surface area (Å²) >= 11 is 12.4. The summed E-state index contributed by atoms with van der Waals surface area (Å²) < 4.78 is 28.3. The minimum absolute atomic E-state index is 0.0104. The molecule has 196 valence electrons. The van der Waals surface area contributed by atoms with E-state index in [4.69, 9.17) is 23.2 Å². The molecule has 7 nitrogen and oxygen atoms in total. The van der Waals surface area contributed by atoms with Crippen LogP contribution in [0.1, 0.15) is 25.8 Å². The van der Waals surface area contributed by atoms with Crippen molar-refractivity contribution < 1.29 is 18.0 Å². The summed E-state index contributed by atoms with van der Waals surface area (Å²) in [6, 6.07) is 20.3. The zero-order valence-corrected chi connectivity index (χ0v) is 22.9. The van der Waals surface area contributed by atoms with Crippen LogP contribution < -0.4 is 9.62 Å². The van der Waals surface area contributed by atoms with Crippen molar-refractivity contribution in [3.8, 4) is 0 Å². The van der Waals surface area contributed by atoms with Gasteiger partial charge in [0.15, 0.2) is 0 Å². The van der Waals surface area contributed by atoms with Crippen LogP contribution in [0.2, 0.25) is 10.0 Å². The molecule has 0 saturated heterocycles. The van der Waals surface area contributed by atoms with E-state index in [1.807, 2.05) is 6.92 Å². The predicted octanol–water partition coefficient (Wildman–Crippen LogP) is 5.13. The number of carbonyl (C=O) groups is 2. The van der Waals surface area contributed by atoms with E-state index in [0.29, 0.717) is 27.8 Å². The Kier molecular flexibility index (Phi) is 9.97. The molecule has 2 amide bonds. The molecule has 0 aromatic heterocycles. The van der Waals surface area contributed by atoms with Crippen LogP contribution in [-0.2, 0) is 26.2 Å². The maximum absolute atomic E-state index is 13.8. The molecule has 0 spiro atoms. The lowest BCUT2D eigenvalue weighted by Gasteiger charge is -2.32. The summed E-state index contributed by atoms with van der Waals surface area (Å²) in [6.07, 6.45) is 0.729. The minimum atomic E-state index is -4.09. The highest BCUT2D eigenvalue weighted by molar-refractivity contribution is 7.92. The van der Waals surface area contributed by atoms with Crippen LogP contribution in [0.3, 0.4) is 0 Å². The van der Waals surface area contributed by atoms with Gasteiger partial charge < -0.3 is 10.2 Å². The van der Waals surface area contributed by atoms with E-state index >= 15 is 0 Å². The molecule has 0 unspecified atom stereocenters. The number of hydrogen-bond acceptors (Lipinski definition) is 4. The molecule has 0 fully saturated rings. The summed E-state index contributed by atoms with van der Waals surface area (Å²) in [4.78, 5) is 28.0. The maximum Gasteiger partial charge on any atom is 0.264 e. The first-order chi connectivity index (χ1) is 17.6. The molecule has 3 aromatic rings. The molecule has 1 N–H and O–H groups in total. The van der Waals surface area contributed by atoms with Crippen LogP contribution in [0.5, 0.6) is 0 Å². The van der Waals surface area contributed by atoms with Gasteiger partial charge in [0.05, 0.1) is 10.6 Å². The molecule has 1 atom stereocenters. The molecule has 0 aliphatic carbocycles. The Bertz CT molecular complexity index is 1320. The molecule has 3 rings (SSSR count). The SMILES string of the molecule is CCCNC(=O)[C@@H](C)N(Cc1ccc(Cl)cc1Cl)C(=O)CN(c1ccccc1)S(=O)(=O)c1ccccc1. The van der Waals surface area contributed by atoms with Crippen molar-refractivity contribution in [2.75, 3.05) is 17.4 Å². The first kappa shape index (κ1) is 28.5. The third kappa shape index (κ3) is 7.25. The van der Waals surface area contributed by atoms with Crippen molar-refractivity contribution in [2.24, 2.45) is 0 Å². The zero-order valence-electron chi connectivity index (χ0n) is 20.6. The number of para-hydroxylation sites is 1. The topological polar surface area (TPSA) is 86.8 Å². The number of amides is 2. The fraction of sp³-hybridized carbons (Fsp3) is 0.259. The first-order valence-electron chi connectivity index (χ1n) is 11.8. The summed E-state index contributed by atoms with van der Waals surface area (Å²) in [7, 11) is -4.09. The van der Waals surface area contributed by atoms with Gasteiger partial charge in [0.25, 0.3) is 10.0 Å². The molecule has 0 saturated carbocycles. The van der Waals surface area contributed by atoms with E-state index in [1.165, 1.54) is 17.0 Å². The van der Waals surface area contributed by atoms with E-state index < -0.39 is 28.5 Å². The van der Waals surface area contributed by atoms with Crippen molar-refractivity contribution in [3.63, 3.8) is 0 Å². The van der Waals surface area contributed by atoms with Gasteiger partial charge in [-0.2, -0.15) is 0 Å². The number of sulfonamides is 1. The molecule has 0 aliphatic heterocycles. The smallest absolute Gasteiger partial charge is 0.264 e. The Morgan fingerprint density at radius 3 is 2.16 bits per heavy atom. The largest absolute Gasteiger partial charge is 0.354 e. The van der Waals surface area contributed by atoms with Crippen molar-refractivity contribution in [1.82, 2.24) is 10.2 Å². The molecular formula is C27H29Cl2N3O4S.